The van der Waals surface area contributed by atoms with Crippen molar-refractivity contribution in [3.63, 3.8) is 0 Å². The number of hydrogen-bond donors (Lipinski definition) is 1. The van der Waals surface area contributed by atoms with Crippen molar-refractivity contribution in [3.8, 4) is 6.07 Å². The molecule has 0 radical (unpaired) electrons. The molecular formula is C13H11N3O. The molecule has 0 amide bonds. The van der Waals surface area contributed by atoms with Crippen LogP contribution in [-0.2, 0) is 13.0 Å². The van der Waals surface area contributed by atoms with Gasteiger partial charge in [-0.2, -0.15) is 5.26 Å². The third-order valence-corrected chi connectivity index (χ3v) is 3.30. The van der Waals surface area contributed by atoms with Gasteiger partial charge in [0.05, 0.1) is 11.6 Å². The van der Waals surface area contributed by atoms with Gasteiger partial charge in [0.15, 0.2) is 0 Å². The van der Waals surface area contributed by atoms with E-state index in [4.69, 9.17) is 11.0 Å². The lowest BCUT2D eigenvalue weighted by Crippen LogP contribution is -2.26. The maximum Gasteiger partial charge on any atom is 0.256 e. The third kappa shape index (κ3) is 1.30. The summed E-state index contributed by atoms with van der Waals surface area (Å²) in [4.78, 5) is 12.2. The van der Waals surface area contributed by atoms with Crippen molar-refractivity contribution in [2.45, 2.75) is 19.0 Å². The Morgan fingerprint density at radius 2 is 2.29 bits per heavy atom. The van der Waals surface area contributed by atoms with Crippen molar-refractivity contribution in [1.82, 2.24) is 4.57 Å². The van der Waals surface area contributed by atoms with Crippen LogP contribution in [0.25, 0.3) is 10.9 Å². The number of nitrogens with two attached hydrogens (primary N) is 1. The van der Waals surface area contributed by atoms with Crippen molar-refractivity contribution in [2.24, 2.45) is 5.73 Å². The van der Waals surface area contributed by atoms with Gasteiger partial charge >= 0.3 is 0 Å². The molecule has 0 saturated heterocycles. The van der Waals surface area contributed by atoms with Gasteiger partial charge in [0.25, 0.3) is 5.56 Å². The van der Waals surface area contributed by atoms with Crippen LogP contribution >= 0.6 is 0 Å². The SMILES string of the molecule is N#CC(N)c1cc2cccc3c2n(c1=O)CC3. The van der Waals surface area contributed by atoms with Crippen molar-refractivity contribution in [2.75, 3.05) is 0 Å². The van der Waals surface area contributed by atoms with Crippen LogP contribution in [0.5, 0.6) is 0 Å². The molecule has 1 atom stereocenters. The summed E-state index contributed by atoms with van der Waals surface area (Å²) in [5.41, 5.74) is 8.10. The molecule has 1 unspecified atom stereocenters. The minimum absolute atomic E-state index is 0.128. The number of pyridine rings is 1. The van der Waals surface area contributed by atoms with E-state index >= 15 is 0 Å². The fraction of sp³-hybridized carbons (Fsp3) is 0.231. The Morgan fingerprint density at radius 1 is 1.47 bits per heavy atom. The first-order valence-electron chi connectivity index (χ1n) is 5.53. The normalized spacial score (nSPS) is 14.8. The highest BCUT2D eigenvalue weighted by molar-refractivity contribution is 5.84. The van der Waals surface area contributed by atoms with E-state index in [0.717, 1.165) is 17.3 Å². The van der Waals surface area contributed by atoms with Gasteiger partial charge < -0.3 is 10.3 Å². The minimum atomic E-state index is -0.847. The molecule has 2 heterocycles. The van der Waals surface area contributed by atoms with Crippen LogP contribution in [0, 0.1) is 11.3 Å². The van der Waals surface area contributed by atoms with Crippen LogP contribution in [0.2, 0.25) is 0 Å². The van der Waals surface area contributed by atoms with Gasteiger partial charge in [0.1, 0.15) is 6.04 Å². The molecule has 3 rings (SSSR count). The molecule has 0 spiro atoms. The van der Waals surface area contributed by atoms with E-state index in [0.29, 0.717) is 12.1 Å². The number of para-hydroxylation sites is 1. The standard InChI is InChI=1S/C13H11N3O/c14-7-11(15)10-6-9-3-1-2-8-4-5-16(12(8)9)13(10)17/h1-3,6,11H,4-5,15H2. The Hall–Kier alpha value is -2.12. The van der Waals surface area contributed by atoms with Gasteiger partial charge in [0, 0.05) is 12.1 Å². The summed E-state index contributed by atoms with van der Waals surface area (Å²) in [5.74, 6) is 0. The Morgan fingerprint density at radius 3 is 3.06 bits per heavy atom. The second-order valence-electron chi connectivity index (χ2n) is 4.27. The van der Waals surface area contributed by atoms with Gasteiger partial charge in [-0.05, 0) is 23.4 Å². The van der Waals surface area contributed by atoms with E-state index in [2.05, 4.69) is 0 Å². The predicted octanol–water partition coefficient (Wildman–Crippen LogP) is 1.08. The Balaban J connectivity index is 2.43. The van der Waals surface area contributed by atoms with Crippen molar-refractivity contribution in [3.05, 3.63) is 45.7 Å². The zero-order valence-electron chi connectivity index (χ0n) is 9.18. The number of rotatable bonds is 1. The first kappa shape index (κ1) is 10.1. The average Bonchev–Trinajstić information content (AvgIpc) is 2.78. The molecule has 0 bridgehead atoms. The Labute approximate surface area is 97.9 Å². The molecule has 1 aliphatic rings. The summed E-state index contributed by atoms with van der Waals surface area (Å²) < 4.78 is 1.73. The van der Waals surface area contributed by atoms with Gasteiger partial charge in [0.2, 0.25) is 0 Å². The van der Waals surface area contributed by atoms with Crippen LogP contribution in [0.15, 0.2) is 29.1 Å². The fourth-order valence-electron chi connectivity index (χ4n) is 2.48. The van der Waals surface area contributed by atoms with Gasteiger partial charge in [-0.25, -0.2) is 0 Å². The van der Waals surface area contributed by atoms with E-state index in [1.165, 1.54) is 5.56 Å². The Kier molecular flexibility index (Phi) is 2.03. The zero-order valence-corrected chi connectivity index (χ0v) is 9.18. The second-order valence-corrected chi connectivity index (χ2v) is 4.27. The summed E-state index contributed by atoms with van der Waals surface area (Å²) in [6, 6.07) is 8.78. The molecule has 84 valence electrons. The van der Waals surface area contributed by atoms with E-state index in [9.17, 15) is 4.79 Å². The van der Waals surface area contributed by atoms with Crippen LogP contribution < -0.4 is 11.3 Å². The largest absolute Gasteiger partial charge is 0.312 e. The summed E-state index contributed by atoms with van der Waals surface area (Å²) in [6.45, 7) is 0.681. The summed E-state index contributed by atoms with van der Waals surface area (Å²) in [6.07, 6.45) is 0.873. The van der Waals surface area contributed by atoms with Crippen molar-refractivity contribution in [1.29, 1.82) is 5.26 Å². The highest BCUT2D eigenvalue weighted by atomic mass is 16.1. The molecule has 0 fully saturated rings. The van der Waals surface area contributed by atoms with Crippen LogP contribution in [-0.4, -0.2) is 4.57 Å². The van der Waals surface area contributed by atoms with Gasteiger partial charge in [-0.15, -0.1) is 0 Å². The first-order chi connectivity index (χ1) is 8.22. The predicted molar refractivity (Wildman–Crippen MR) is 64.5 cm³/mol. The van der Waals surface area contributed by atoms with Gasteiger partial charge in [-0.1, -0.05) is 18.2 Å². The lowest BCUT2D eigenvalue weighted by molar-refractivity contribution is 0.724. The number of nitrogens with zero attached hydrogens (tertiary/aromatic N) is 2. The zero-order chi connectivity index (χ0) is 12.0. The molecule has 1 aliphatic heterocycles. The number of hydrogen-bond acceptors (Lipinski definition) is 3. The molecule has 0 aliphatic carbocycles. The number of aromatic nitrogens is 1. The maximum atomic E-state index is 12.2. The Bertz CT molecular complexity index is 709. The summed E-state index contributed by atoms with van der Waals surface area (Å²) >= 11 is 0. The molecule has 2 N–H and O–H groups in total. The topological polar surface area (TPSA) is 71.8 Å². The maximum absolute atomic E-state index is 12.2. The lowest BCUT2D eigenvalue weighted by atomic mass is 10.1. The number of nitriles is 1. The van der Waals surface area contributed by atoms with E-state index < -0.39 is 6.04 Å². The highest BCUT2D eigenvalue weighted by Crippen LogP contribution is 2.25. The molecule has 0 saturated carbocycles. The van der Waals surface area contributed by atoms with Crippen molar-refractivity contribution < 1.29 is 0 Å². The second kappa shape index (κ2) is 3.44. The molecule has 1 aromatic carbocycles. The fourth-order valence-corrected chi connectivity index (χ4v) is 2.48. The lowest BCUT2D eigenvalue weighted by Gasteiger charge is -2.09. The van der Waals surface area contributed by atoms with E-state index in [1.54, 1.807) is 10.6 Å². The molecule has 2 aromatic rings. The quantitative estimate of drug-likeness (QED) is 0.789. The van der Waals surface area contributed by atoms with Crippen LogP contribution in [0.1, 0.15) is 17.2 Å². The molecule has 4 heteroatoms. The number of benzene rings is 1. The molecular weight excluding hydrogens is 214 g/mol. The summed E-state index contributed by atoms with van der Waals surface area (Å²) in [5, 5.41) is 9.82. The average molecular weight is 225 g/mol. The molecule has 17 heavy (non-hydrogen) atoms. The van der Waals surface area contributed by atoms with Crippen molar-refractivity contribution >= 4 is 10.9 Å². The van der Waals surface area contributed by atoms with E-state index in [1.807, 2.05) is 24.3 Å². The summed E-state index contributed by atoms with van der Waals surface area (Å²) in [7, 11) is 0. The van der Waals surface area contributed by atoms with E-state index in [-0.39, 0.29) is 5.56 Å². The monoisotopic (exact) mass is 225 g/mol. The minimum Gasteiger partial charge on any atom is -0.312 e. The smallest absolute Gasteiger partial charge is 0.256 e. The highest BCUT2D eigenvalue weighted by Gasteiger charge is 2.19. The van der Waals surface area contributed by atoms with Gasteiger partial charge in [-0.3, -0.25) is 4.79 Å². The van der Waals surface area contributed by atoms with Crippen LogP contribution in [0.4, 0.5) is 0 Å². The van der Waals surface area contributed by atoms with Crippen LogP contribution in [0.3, 0.4) is 0 Å². The number of aryl methyl sites for hydroxylation is 2. The first-order valence-corrected chi connectivity index (χ1v) is 5.53. The molecule has 1 aromatic heterocycles. The third-order valence-electron chi connectivity index (χ3n) is 3.30. The molecule has 4 nitrogen and oxygen atoms in total.